The minimum atomic E-state index is -4.43. The van der Waals surface area contributed by atoms with Crippen LogP contribution in [0.25, 0.3) is 5.95 Å². The molecule has 3 rings (SSSR count). The number of aryl methyl sites for hydroxylation is 2. The van der Waals surface area contributed by atoms with Gasteiger partial charge in [-0.1, -0.05) is 6.07 Å². The van der Waals surface area contributed by atoms with Gasteiger partial charge >= 0.3 is 6.18 Å². The molecule has 5 nitrogen and oxygen atoms in total. The molecule has 8 heteroatoms. The first-order valence-corrected chi connectivity index (χ1v) is 7.05. The summed E-state index contributed by atoms with van der Waals surface area (Å²) in [5, 5.41) is 4.26. The monoisotopic (exact) mass is 334 g/mol. The van der Waals surface area contributed by atoms with Crippen molar-refractivity contribution in [2.45, 2.75) is 20.0 Å². The summed E-state index contributed by atoms with van der Waals surface area (Å²) in [5.41, 5.74) is 0.858. The largest absolute Gasteiger partial charge is 0.439 e. The number of nitrogens with zero attached hydrogens (tertiary/aromatic N) is 4. The molecule has 0 aliphatic heterocycles. The second-order valence-corrected chi connectivity index (χ2v) is 5.16. The van der Waals surface area contributed by atoms with E-state index in [0.29, 0.717) is 0 Å². The molecule has 0 saturated heterocycles. The number of alkyl halides is 3. The Kier molecular flexibility index (Phi) is 3.96. The summed E-state index contributed by atoms with van der Waals surface area (Å²) in [4.78, 5) is 8.30. The molecule has 0 aliphatic rings. The van der Waals surface area contributed by atoms with Gasteiger partial charge < -0.3 is 4.74 Å². The van der Waals surface area contributed by atoms with E-state index in [0.717, 1.165) is 23.5 Å². The second-order valence-electron chi connectivity index (χ2n) is 5.16. The Morgan fingerprint density at radius 3 is 2.54 bits per heavy atom. The average molecular weight is 334 g/mol. The van der Waals surface area contributed by atoms with Crippen molar-refractivity contribution in [3.63, 3.8) is 0 Å². The van der Waals surface area contributed by atoms with Gasteiger partial charge in [-0.2, -0.15) is 23.3 Å². The summed E-state index contributed by atoms with van der Waals surface area (Å²) in [6.45, 7) is 3.69. The lowest BCUT2D eigenvalue weighted by molar-refractivity contribution is -0.137. The maximum absolute atomic E-state index is 12.7. The summed E-state index contributed by atoms with van der Waals surface area (Å²) in [7, 11) is 0. The maximum Gasteiger partial charge on any atom is 0.416 e. The third kappa shape index (κ3) is 3.37. The smallest absolute Gasteiger partial charge is 0.416 e. The molecule has 0 fully saturated rings. The molecule has 0 saturated carbocycles. The highest BCUT2D eigenvalue weighted by Gasteiger charge is 2.30. The molecule has 2 heterocycles. The fourth-order valence-electron chi connectivity index (χ4n) is 2.18. The van der Waals surface area contributed by atoms with Crippen molar-refractivity contribution in [1.29, 1.82) is 0 Å². The van der Waals surface area contributed by atoms with Gasteiger partial charge in [0.25, 0.3) is 5.95 Å². The second kappa shape index (κ2) is 5.95. The molecule has 0 spiro atoms. The first-order chi connectivity index (χ1) is 11.3. The molecular weight excluding hydrogens is 321 g/mol. The quantitative estimate of drug-likeness (QED) is 0.724. The third-order valence-corrected chi connectivity index (χ3v) is 3.20. The fourth-order valence-corrected chi connectivity index (χ4v) is 2.18. The average Bonchev–Trinajstić information content (AvgIpc) is 2.86. The molecule has 0 atom stereocenters. The highest BCUT2D eigenvalue weighted by atomic mass is 19.4. The molecular formula is C16H13F3N4O. The van der Waals surface area contributed by atoms with E-state index >= 15 is 0 Å². The summed E-state index contributed by atoms with van der Waals surface area (Å²) in [6.07, 6.45) is -2.97. The van der Waals surface area contributed by atoms with Gasteiger partial charge in [-0.3, -0.25) is 0 Å². The van der Waals surface area contributed by atoms with Crippen LogP contribution >= 0.6 is 0 Å². The Morgan fingerprint density at radius 1 is 1.08 bits per heavy atom. The van der Waals surface area contributed by atoms with Crippen molar-refractivity contribution in [1.82, 2.24) is 19.7 Å². The molecule has 24 heavy (non-hydrogen) atoms. The molecule has 3 aromatic rings. The number of benzene rings is 1. The van der Waals surface area contributed by atoms with Gasteiger partial charge in [0, 0.05) is 18.0 Å². The summed E-state index contributed by atoms with van der Waals surface area (Å²) >= 11 is 0. The molecule has 0 unspecified atom stereocenters. The molecule has 0 aliphatic carbocycles. The Morgan fingerprint density at radius 2 is 1.88 bits per heavy atom. The molecule has 124 valence electrons. The molecule has 0 N–H and O–H groups in total. The van der Waals surface area contributed by atoms with Crippen LogP contribution in [0.2, 0.25) is 0 Å². The zero-order valence-corrected chi connectivity index (χ0v) is 12.9. The minimum absolute atomic E-state index is 0.0443. The van der Waals surface area contributed by atoms with Gasteiger partial charge in [0.05, 0.1) is 11.3 Å². The van der Waals surface area contributed by atoms with Crippen molar-refractivity contribution in [2.24, 2.45) is 0 Å². The standard InChI is InChI=1S/C16H13F3N4O/c1-10-8-11(2)23(22-10)15-20-7-6-14(21-15)24-13-5-3-4-12(9-13)16(17,18)19/h3-9H,1-2H3. The zero-order chi connectivity index (χ0) is 17.3. The van der Waals surface area contributed by atoms with Crippen LogP contribution in [0.3, 0.4) is 0 Å². The van der Waals surface area contributed by atoms with Crippen LogP contribution < -0.4 is 4.74 Å². The number of halogens is 3. The van der Waals surface area contributed by atoms with Gasteiger partial charge in [0.2, 0.25) is 5.88 Å². The summed E-state index contributed by atoms with van der Waals surface area (Å²) < 4.78 is 45.2. The van der Waals surface area contributed by atoms with Crippen LogP contribution in [0.15, 0.2) is 42.6 Å². The van der Waals surface area contributed by atoms with Crippen LogP contribution in [0.1, 0.15) is 17.0 Å². The van der Waals surface area contributed by atoms with Crippen molar-refractivity contribution in [3.8, 4) is 17.6 Å². The number of aromatic nitrogens is 4. The van der Waals surface area contributed by atoms with Crippen LogP contribution in [0.5, 0.6) is 11.6 Å². The van der Waals surface area contributed by atoms with E-state index in [1.54, 1.807) is 0 Å². The number of hydrogen-bond donors (Lipinski definition) is 0. The van der Waals surface area contributed by atoms with Gasteiger partial charge in [-0.25, -0.2) is 9.67 Å². The lowest BCUT2D eigenvalue weighted by atomic mass is 10.2. The Hall–Kier alpha value is -2.90. The Bertz CT molecular complexity index is 874. The molecule has 0 radical (unpaired) electrons. The third-order valence-electron chi connectivity index (χ3n) is 3.20. The zero-order valence-electron chi connectivity index (χ0n) is 12.9. The maximum atomic E-state index is 12.7. The first-order valence-electron chi connectivity index (χ1n) is 7.05. The van der Waals surface area contributed by atoms with E-state index < -0.39 is 11.7 Å². The van der Waals surface area contributed by atoms with E-state index in [2.05, 4.69) is 15.1 Å². The van der Waals surface area contributed by atoms with Crippen LogP contribution in [-0.4, -0.2) is 19.7 Å². The minimum Gasteiger partial charge on any atom is -0.439 e. The van der Waals surface area contributed by atoms with Crippen molar-refractivity contribution >= 4 is 0 Å². The van der Waals surface area contributed by atoms with E-state index in [1.165, 1.54) is 29.1 Å². The van der Waals surface area contributed by atoms with E-state index in [1.807, 2.05) is 19.9 Å². The fraction of sp³-hybridized carbons (Fsp3) is 0.188. The Balaban J connectivity index is 1.89. The van der Waals surface area contributed by atoms with Crippen LogP contribution in [0.4, 0.5) is 13.2 Å². The molecule has 2 aromatic heterocycles. The number of hydrogen-bond acceptors (Lipinski definition) is 4. The van der Waals surface area contributed by atoms with Gasteiger partial charge in [-0.15, -0.1) is 0 Å². The highest BCUT2D eigenvalue weighted by Crippen LogP contribution is 2.32. The van der Waals surface area contributed by atoms with Crippen LogP contribution in [0, 0.1) is 13.8 Å². The summed E-state index contributed by atoms with van der Waals surface area (Å²) in [5.74, 6) is 0.458. The van der Waals surface area contributed by atoms with E-state index in [4.69, 9.17) is 4.74 Å². The number of ether oxygens (including phenoxy) is 1. The first kappa shape index (κ1) is 16.0. The van der Waals surface area contributed by atoms with E-state index in [9.17, 15) is 13.2 Å². The SMILES string of the molecule is Cc1cc(C)n(-c2nccc(Oc3cccc(C(F)(F)F)c3)n2)n1. The van der Waals surface area contributed by atoms with Crippen molar-refractivity contribution < 1.29 is 17.9 Å². The molecule has 0 amide bonds. The van der Waals surface area contributed by atoms with Gasteiger partial charge in [0.1, 0.15) is 5.75 Å². The van der Waals surface area contributed by atoms with Gasteiger partial charge in [0.15, 0.2) is 0 Å². The van der Waals surface area contributed by atoms with Crippen molar-refractivity contribution in [3.05, 3.63) is 59.5 Å². The van der Waals surface area contributed by atoms with Crippen molar-refractivity contribution in [2.75, 3.05) is 0 Å². The molecule has 1 aromatic carbocycles. The number of rotatable bonds is 3. The van der Waals surface area contributed by atoms with Crippen LogP contribution in [-0.2, 0) is 6.18 Å². The summed E-state index contributed by atoms with van der Waals surface area (Å²) in [6, 6.07) is 7.94. The predicted octanol–water partition coefficient (Wildman–Crippen LogP) is 4.09. The normalized spacial score (nSPS) is 11.5. The van der Waals surface area contributed by atoms with E-state index in [-0.39, 0.29) is 17.6 Å². The molecule has 0 bridgehead atoms. The lowest BCUT2D eigenvalue weighted by Gasteiger charge is -2.10. The Labute approximate surface area is 135 Å². The highest BCUT2D eigenvalue weighted by molar-refractivity contribution is 5.33. The lowest BCUT2D eigenvalue weighted by Crippen LogP contribution is -2.06. The van der Waals surface area contributed by atoms with Gasteiger partial charge in [-0.05, 0) is 38.1 Å². The predicted molar refractivity (Wildman–Crippen MR) is 80.1 cm³/mol. The topological polar surface area (TPSA) is 52.8 Å².